The molecule has 8 heteroatoms. The predicted octanol–water partition coefficient (Wildman–Crippen LogP) is 4.50. The van der Waals surface area contributed by atoms with Gasteiger partial charge in [-0.15, -0.1) is 10.2 Å². The largest absolute Gasteiger partial charge is 0.361 e. The lowest BCUT2D eigenvalue weighted by Gasteiger charge is -2.27. The predicted molar refractivity (Wildman–Crippen MR) is 138 cm³/mol. The number of piperidine rings is 1. The van der Waals surface area contributed by atoms with E-state index in [-0.39, 0.29) is 5.91 Å². The molecule has 0 radical (unpaired) electrons. The third kappa shape index (κ3) is 4.97. The fourth-order valence-electron chi connectivity index (χ4n) is 4.43. The summed E-state index contributed by atoms with van der Waals surface area (Å²) in [4.78, 5) is 18.2. The number of nitrogens with zero attached hydrogens (tertiary/aromatic N) is 4. The quantitative estimate of drug-likeness (QED) is 0.368. The lowest BCUT2D eigenvalue weighted by molar-refractivity contribution is -0.118. The first kappa shape index (κ1) is 22.5. The number of benzene rings is 2. The van der Waals surface area contributed by atoms with Crippen molar-refractivity contribution in [3.63, 3.8) is 0 Å². The van der Waals surface area contributed by atoms with Crippen LogP contribution in [-0.2, 0) is 11.2 Å². The van der Waals surface area contributed by atoms with Crippen molar-refractivity contribution in [2.45, 2.75) is 37.8 Å². The molecule has 2 N–H and O–H groups in total. The summed E-state index contributed by atoms with van der Waals surface area (Å²) in [6, 6.07) is 16.6. The number of aryl methyl sites for hydroxylation is 1. The molecule has 0 saturated carbocycles. The molecule has 0 spiro atoms. The van der Waals surface area contributed by atoms with Gasteiger partial charge in [-0.25, -0.2) is 0 Å². The molecule has 7 nitrogen and oxygen atoms in total. The Labute approximate surface area is 204 Å². The average Bonchev–Trinajstić information content (AvgIpc) is 3.48. The Morgan fingerprint density at radius 2 is 1.85 bits per heavy atom. The molecule has 3 heterocycles. The maximum absolute atomic E-state index is 12.6. The maximum Gasteiger partial charge on any atom is 0.232 e. The second-order valence-electron chi connectivity index (χ2n) is 8.75. The van der Waals surface area contributed by atoms with Crippen LogP contribution in [-0.4, -0.2) is 51.0 Å². The number of fused-ring (bicyclic) bond motifs is 1. The Bertz CT molecular complexity index is 1260. The number of amides is 1. The zero-order valence-electron chi connectivity index (χ0n) is 19.5. The highest BCUT2D eigenvalue weighted by Crippen LogP contribution is 2.28. The first-order valence-electron chi connectivity index (χ1n) is 11.9. The van der Waals surface area contributed by atoms with Gasteiger partial charge >= 0.3 is 0 Å². The second kappa shape index (κ2) is 10.3. The molecule has 2 aromatic heterocycles. The molecular weight excluding hydrogens is 444 g/mol. The number of carbonyl (C=O) groups excluding carboxylic acids is 1. The fraction of sp³-hybridized carbons (Fsp3) is 0.346. The SMILES string of the molecule is Cc1ccc(-n2c(SCC(=O)NCCc3c[nH]c4ccccc34)nnc2N2CCCCC2)cc1. The number of thioether (sulfide) groups is 1. The van der Waals surface area contributed by atoms with Crippen molar-refractivity contribution in [3.05, 3.63) is 65.9 Å². The van der Waals surface area contributed by atoms with Gasteiger partial charge in [0.1, 0.15) is 0 Å². The summed E-state index contributed by atoms with van der Waals surface area (Å²) < 4.78 is 2.09. The molecule has 0 unspecified atom stereocenters. The molecule has 34 heavy (non-hydrogen) atoms. The molecule has 2 aromatic carbocycles. The maximum atomic E-state index is 12.6. The minimum Gasteiger partial charge on any atom is -0.361 e. The zero-order valence-corrected chi connectivity index (χ0v) is 20.3. The normalized spacial score (nSPS) is 14.0. The van der Waals surface area contributed by atoms with Gasteiger partial charge in [0.25, 0.3) is 0 Å². The van der Waals surface area contributed by atoms with Gasteiger partial charge in [0, 0.05) is 36.7 Å². The van der Waals surface area contributed by atoms with Crippen molar-refractivity contribution in [3.8, 4) is 5.69 Å². The number of carbonyl (C=O) groups is 1. The van der Waals surface area contributed by atoms with Crippen LogP contribution < -0.4 is 10.2 Å². The Hall–Kier alpha value is -3.26. The van der Waals surface area contributed by atoms with Crippen LogP contribution in [0.15, 0.2) is 59.9 Å². The van der Waals surface area contributed by atoms with Crippen LogP contribution in [0, 0.1) is 6.92 Å². The van der Waals surface area contributed by atoms with E-state index in [1.165, 1.54) is 47.5 Å². The average molecular weight is 475 g/mol. The molecule has 1 aliphatic heterocycles. The number of H-pyrrole nitrogens is 1. The number of anilines is 1. The van der Waals surface area contributed by atoms with Gasteiger partial charge < -0.3 is 15.2 Å². The molecule has 4 aromatic rings. The van der Waals surface area contributed by atoms with Crippen molar-refractivity contribution in [2.24, 2.45) is 0 Å². The van der Waals surface area contributed by atoms with E-state index in [1.54, 1.807) is 0 Å². The van der Waals surface area contributed by atoms with Gasteiger partial charge in [-0.3, -0.25) is 9.36 Å². The van der Waals surface area contributed by atoms with Crippen molar-refractivity contribution < 1.29 is 4.79 Å². The van der Waals surface area contributed by atoms with Crippen LogP contribution in [0.3, 0.4) is 0 Å². The lowest BCUT2D eigenvalue weighted by Crippen LogP contribution is -2.31. The highest BCUT2D eigenvalue weighted by Gasteiger charge is 2.22. The van der Waals surface area contributed by atoms with E-state index in [0.29, 0.717) is 12.3 Å². The van der Waals surface area contributed by atoms with Gasteiger partial charge in [0.15, 0.2) is 5.16 Å². The van der Waals surface area contributed by atoms with Gasteiger partial charge in [0.05, 0.1) is 11.4 Å². The first-order chi connectivity index (χ1) is 16.7. The molecule has 0 bridgehead atoms. The van der Waals surface area contributed by atoms with E-state index in [1.807, 2.05) is 18.3 Å². The van der Waals surface area contributed by atoms with E-state index < -0.39 is 0 Å². The molecule has 1 saturated heterocycles. The Kier molecular flexibility index (Phi) is 6.85. The van der Waals surface area contributed by atoms with Gasteiger partial charge in [-0.1, -0.05) is 47.7 Å². The summed E-state index contributed by atoms with van der Waals surface area (Å²) >= 11 is 1.43. The monoisotopic (exact) mass is 474 g/mol. The van der Waals surface area contributed by atoms with E-state index in [9.17, 15) is 4.79 Å². The summed E-state index contributed by atoms with van der Waals surface area (Å²) in [6.07, 6.45) is 6.41. The van der Waals surface area contributed by atoms with Gasteiger partial charge in [-0.2, -0.15) is 0 Å². The smallest absolute Gasteiger partial charge is 0.232 e. The van der Waals surface area contributed by atoms with Crippen LogP contribution in [0.1, 0.15) is 30.4 Å². The van der Waals surface area contributed by atoms with E-state index in [4.69, 9.17) is 0 Å². The number of aromatic nitrogens is 4. The molecule has 1 fully saturated rings. The molecule has 0 atom stereocenters. The van der Waals surface area contributed by atoms with Crippen molar-refractivity contribution in [2.75, 3.05) is 30.3 Å². The summed E-state index contributed by atoms with van der Waals surface area (Å²) in [5.41, 5.74) is 4.58. The topological polar surface area (TPSA) is 78.8 Å². The molecule has 0 aliphatic carbocycles. The van der Waals surface area contributed by atoms with Crippen LogP contribution in [0.5, 0.6) is 0 Å². The lowest BCUT2D eigenvalue weighted by atomic mass is 10.1. The summed E-state index contributed by atoms with van der Waals surface area (Å²) in [7, 11) is 0. The number of rotatable bonds is 8. The van der Waals surface area contributed by atoms with Gasteiger partial charge in [0.2, 0.25) is 11.9 Å². The van der Waals surface area contributed by atoms with Crippen molar-refractivity contribution in [1.29, 1.82) is 0 Å². The minimum absolute atomic E-state index is 0.00261. The third-order valence-electron chi connectivity index (χ3n) is 6.27. The molecule has 1 aliphatic rings. The summed E-state index contributed by atoms with van der Waals surface area (Å²) in [5, 5.41) is 14.0. The van der Waals surface area contributed by atoms with E-state index >= 15 is 0 Å². The second-order valence-corrected chi connectivity index (χ2v) is 9.69. The van der Waals surface area contributed by atoms with Crippen LogP contribution in [0.4, 0.5) is 5.95 Å². The van der Waals surface area contributed by atoms with Crippen molar-refractivity contribution >= 4 is 34.5 Å². The number of hydrogen-bond donors (Lipinski definition) is 2. The van der Waals surface area contributed by atoms with E-state index in [2.05, 4.69) is 73.3 Å². The fourth-order valence-corrected chi connectivity index (χ4v) is 5.21. The van der Waals surface area contributed by atoms with Gasteiger partial charge in [-0.05, 0) is 56.4 Å². The Balaban J connectivity index is 1.24. The summed E-state index contributed by atoms with van der Waals surface area (Å²) in [6.45, 7) is 4.66. The van der Waals surface area contributed by atoms with Crippen LogP contribution >= 0.6 is 11.8 Å². The molecular formula is C26H30N6OS. The van der Waals surface area contributed by atoms with E-state index in [0.717, 1.165) is 41.8 Å². The summed E-state index contributed by atoms with van der Waals surface area (Å²) in [5.74, 6) is 1.17. The van der Waals surface area contributed by atoms with Crippen LogP contribution in [0.25, 0.3) is 16.6 Å². The number of para-hydroxylation sites is 1. The molecule has 176 valence electrons. The number of hydrogen-bond acceptors (Lipinski definition) is 5. The standard InChI is InChI=1S/C26H30N6OS/c1-19-9-11-21(12-10-19)32-25(31-15-5-2-6-16-31)29-30-26(32)34-18-24(33)27-14-13-20-17-28-23-8-4-3-7-22(20)23/h3-4,7-12,17,28H,2,5-6,13-16,18H2,1H3,(H,27,33). The number of aromatic amines is 1. The van der Waals surface area contributed by atoms with Crippen molar-refractivity contribution in [1.82, 2.24) is 25.1 Å². The number of nitrogens with one attached hydrogen (secondary N) is 2. The molecule has 1 amide bonds. The third-order valence-corrected chi connectivity index (χ3v) is 7.20. The first-order valence-corrected chi connectivity index (χ1v) is 12.9. The zero-order chi connectivity index (χ0) is 23.3. The minimum atomic E-state index is 0.00261. The van der Waals surface area contributed by atoms with Crippen LogP contribution in [0.2, 0.25) is 0 Å². The Morgan fingerprint density at radius 1 is 1.06 bits per heavy atom. The highest BCUT2D eigenvalue weighted by atomic mass is 32.2. The highest BCUT2D eigenvalue weighted by molar-refractivity contribution is 7.99. The Morgan fingerprint density at radius 3 is 2.68 bits per heavy atom. The molecule has 5 rings (SSSR count).